The largest absolute Gasteiger partial charge is 0.497 e. The van der Waals surface area contributed by atoms with Gasteiger partial charge in [0.2, 0.25) is 0 Å². The second-order valence-electron chi connectivity index (χ2n) is 22.4. The number of rotatable bonds is 17. The SMILES string of the molecule is CC(=O)c1ccc(C(C)=O)cc1.CC(=O)c1ccc2cc(C(C)=O)ccc2c1.CC(=O)c1cccc(C(C)=O)c1.CNc1ccc(OC)cc1.COc1ccc(-c2ccc(OC)cc2)cc1.COc1ccc(C(C)=O)cc1.COc1ccc(OC)cc1.COc1ccc2cc(C(C)=O)ccc2c1. The summed E-state index contributed by atoms with van der Waals surface area (Å²) in [6, 6.07) is 74.2. The number of fused-ring (bicyclic) bond motifs is 2. The van der Waals surface area contributed by atoms with Gasteiger partial charge in [0.25, 0.3) is 0 Å². The fraction of sp³-hybridized carbons (Fsp3) is 0.186. The van der Waals surface area contributed by atoms with Gasteiger partial charge in [0, 0.05) is 57.2 Å². The standard InChI is InChI=1S/C14H14O2.C14H12O2.C13H12O2.2C10H10O2.C9H10O2.C8H11NO.C8H10O2/c1-15-13-7-3-11(4-8-13)12-5-9-14(16-2)10-6-12;1-9(15)11-3-5-14-8-12(10(2)16)4-6-13(14)7-11;1-9(14)10-3-4-12-8-13(15-2)6-5-11(12)7-10;1-7(11)9-3-5-10(6-4-9)8(2)12;1-7(11)9-4-3-5-10(6-9)8(2)12;1-7(10)8-3-5-9(11-2)6-4-8;2*1-9-7-3-5-8(10-2)6-4-7/h3-10H,1-2H3;3-8H,1-2H3;3-8H,1-2H3;2*3-6H,1-2H3;3-6H,1-2H3;3-6,9H,1-2H3;3-6H,1-2H3. The number of carbonyl (C=O) groups excluding carboxylic acids is 8. The molecule has 11 aromatic rings. The Bertz CT molecular complexity index is 4270. The predicted molar refractivity (Wildman–Crippen MR) is 407 cm³/mol. The van der Waals surface area contributed by atoms with Crippen LogP contribution in [0, 0.1) is 0 Å². The summed E-state index contributed by atoms with van der Waals surface area (Å²) in [5.41, 5.74) is 8.74. The molecular weight excluding hydrogens is 1290 g/mol. The molecule has 102 heavy (non-hydrogen) atoms. The van der Waals surface area contributed by atoms with Crippen molar-refractivity contribution in [3.05, 3.63) is 287 Å². The number of hydrogen-bond donors (Lipinski definition) is 1. The molecule has 0 aliphatic rings. The summed E-state index contributed by atoms with van der Waals surface area (Å²) in [7, 11) is 13.4. The van der Waals surface area contributed by atoms with E-state index < -0.39 is 0 Å². The highest BCUT2D eigenvalue weighted by Gasteiger charge is 2.08. The van der Waals surface area contributed by atoms with Crippen molar-refractivity contribution in [2.75, 3.05) is 62.1 Å². The minimum Gasteiger partial charge on any atom is -0.497 e. The van der Waals surface area contributed by atoms with Gasteiger partial charge in [-0.05, 0) is 222 Å². The number of carbonyl (C=O) groups is 8. The highest BCUT2D eigenvalue weighted by atomic mass is 16.5. The zero-order valence-electron chi connectivity index (χ0n) is 60.7. The first-order valence-corrected chi connectivity index (χ1v) is 32.1. The van der Waals surface area contributed by atoms with Gasteiger partial charge in [0.05, 0.1) is 49.8 Å². The molecule has 0 saturated carbocycles. The van der Waals surface area contributed by atoms with Crippen LogP contribution in [0.1, 0.15) is 138 Å². The van der Waals surface area contributed by atoms with Crippen LogP contribution in [-0.4, -0.2) is 103 Å². The van der Waals surface area contributed by atoms with E-state index in [1.165, 1.54) is 38.8 Å². The number of hydrogen-bond acceptors (Lipinski definition) is 16. The van der Waals surface area contributed by atoms with Gasteiger partial charge in [-0.3, -0.25) is 38.4 Å². The van der Waals surface area contributed by atoms with E-state index in [1.54, 1.807) is 162 Å². The zero-order valence-corrected chi connectivity index (χ0v) is 60.7. The lowest BCUT2D eigenvalue weighted by Crippen LogP contribution is -1.96. The average Bonchev–Trinajstić information content (AvgIpc) is 0.823. The number of Topliss-reactive ketones (excluding diaryl/α,β-unsaturated/α-hetero) is 8. The van der Waals surface area contributed by atoms with E-state index >= 15 is 0 Å². The van der Waals surface area contributed by atoms with Crippen molar-refractivity contribution in [2.24, 2.45) is 0 Å². The van der Waals surface area contributed by atoms with E-state index in [1.807, 2.05) is 165 Å². The van der Waals surface area contributed by atoms with Gasteiger partial charge in [-0.1, -0.05) is 109 Å². The molecule has 0 heterocycles. The molecule has 0 amide bonds. The minimum absolute atomic E-state index is 0.0156. The number of methoxy groups -OCH3 is 7. The molecule has 0 unspecified atom stereocenters. The highest BCUT2D eigenvalue weighted by molar-refractivity contribution is 6.03. The number of nitrogens with one attached hydrogen (secondary N) is 1. The Balaban J connectivity index is 0.000000249. The van der Waals surface area contributed by atoms with Crippen LogP contribution in [-0.2, 0) is 0 Å². The summed E-state index contributed by atoms with van der Waals surface area (Å²) in [5, 5.41) is 7.13. The zero-order chi connectivity index (χ0) is 75.3. The van der Waals surface area contributed by atoms with Crippen molar-refractivity contribution >= 4 is 73.5 Å². The van der Waals surface area contributed by atoms with Crippen molar-refractivity contribution in [1.82, 2.24) is 0 Å². The molecule has 0 aliphatic heterocycles. The van der Waals surface area contributed by atoms with Gasteiger partial charge in [0.15, 0.2) is 46.3 Å². The number of anilines is 1. The summed E-state index contributed by atoms with van der Waals surface area (Å²) in [6.45, 7) is 12.2. The summed E-state index contributed by atoms with van der Waals surface area (Å²) < 4.78 is 35.2. The van der Waals surface area contributed by atoms with Gasteiger partial charge in [-0.15, -0.1) is 0 Å². The molecule has 0 saturated heterocycles. The fourth-order valence-electron chi connectivity index (χ4n) is 9.01. The monoisotopic (exact) mass is 1380 g/mol. The Morgan fingerprint density at radius 2 is 0.412 bits per heavy atom. The molecule has 0 bridgehead atoms. The van der Waals surface area contributed by atoms with Crippen molar-refractivity contribution in [2.45, 2.75) is 55.4 Å². The average molecular weight is 1380 g/mol. The molecule has 0 radical (unpaired) electrons. The lowest BCUT2D eigenvalue weighted by molar-refractivity contribution is 0.1000. The molecule has 528 valence electrons. The third-order valence-electron chi connectivity index (χ3n) is 15.2. The molecule has 1 N–H and O–H groups in total. The Morgan fingerprint density at radius 1 is 0.216 bits per heavy atom. The van der Waals surface area contributed by atoms with Crippen LogP contribution in [0.5, 0.6) is 40.2 Å². The molecule has 16 nitrogen and oxygen atoms in total. The maximum Gasteiger partial charge on any atom is 0.159 e. The Labute approximate surface area is 598 Å². The van der Waals surface area contributed by atoms with Crippen molar-refractivity contribution in [1.29, 1.82) is 0 Å². The Kier molecular flexibility index (Phi) is 34.8. The lowest BCUT2D eigenvalue weighted by Gasteiger charge is -2.05. The summed E-state index contributed by atoms with van der Waals surface area (Å²) in [5.74, 6) is 6.21. The Morgan fingerprint density at radius 3 is 0.667 bits per heavy atom. The minimum atomic E-state index is -0.0156. The van der Waals surface area contributed by atoms with E-state index in [0.717, 1.165) is 73.0 Å². The molecule has 0 spiro atoms. The van der Waals surface area contributed by atoms with Gasteiger partial charge >= 0.3 is 0 Å². The van der Waals surface area contributed by atoms with Crippen LogP contribution in [0.3, 0.4) is 0 Å². The van der Waals surface area contributed by atoms with Gasteiger partial charge in [-0.25, -0.2) is 0 Å². The van der Waals surface area contributed by atoms with E-state index in [0.29, 0.717) is 38.9 Å². The summed E-state index contributed by atoms with van der Waals surface area (Å²) >= 11 is 0. The third kappa shape index (κ3) is 27.9. The van der Waals surface area contributed by atoms with Gasteiger partial charge in [-0.2, -0.15) is 0 Å². The van der Waals surface area contributed by atoms with Crippen molar-refractivity contribution < 1.29 is 71.5 Å². The molecule has 0 aromatic heterocycles. The third-order valence-corrected chi connectivity index (χ3v) is 15.2. The number of ketones is 8. The molecule has 0 atom stereocenters. The lowest BCUT2D eigenvalue weighted by atomic mass is 10.0. The van der Waals surface area contributed by atoms with Crippen LogP contribution >= 0.6 is 0 Å². The maximum atomic E-state index is 11.2. The van der Waals surface area contributed by atoms with E-state index in [4.69, 9.17) is 33.2 Å². The van der Waals surface area contributed by atoms with Crippen LogP contribution in [0.25, 0.3) is 32.7 Å². The smallest absolute Gasteiger partial charge is 0.159 e. The summed E-state index contributed by atoms with van der Waals surface area (Å²) in [4.78, 5) is 87.9. The van der Waals surface area contributed by atoms with Gasteiger partial charge in [0.1, 0.15) is 40.2 Å². The van der Waals surface area contributed by atoms with E-state index in [2.05, 4.69) is 5.32 Å². The van der Waals surface area contributed by atoms with Crippen LogP contribution in [0.4, 0.5) is 5.69 Å². The molecule has 11 aromatic carbocycles. The van der Waals surface area contributed by atoms with Crippen molar-refractivity contribution in [3.8, 4) is 51.4 Å². The van der Waals surface area contributed by atoms with Crippen LogP contribution < -0.4 is 38.5 Å². The Hall–Kier alpha value is -12.3. The number of ether oxygens (including phenoxy) is 7. The summed E-state index contributed by atoms with van der Waals surface area (Å²) in [6.07, 6.45) is 0. The second-order valence-corrected chi connectivity index (χ2v) is 22.4. The van der Waals surface area contributed by atoms with Crippen LogP contribution in [0.15, 0.2) is 243 Å². The predicted octanol–water partition coefficient (Wildman–Crippen LogP) is 19.2. The molecule has 11 rings (SSSR count). The maximum absolute atomic E-state index is 11.2. The number of benzene rings is 11. The molecule has 0 fully saturated rings. The normalized spacial score (nSPS) is 9.69. The topological polar surface area (TPSA) is 213 Å². The highest BCUT2D eigenvalue weighted by Crippen LogP contribution is 2.26. The second kappa shape index (κ2) is 43.2. The first kappa shape index (κ1) is 82.1. The van der Waals surface area contributed by atoms with Crippen LogP contribution in [0.2, 0.25) is 0 Å². The first-order chi connectivity index (χ1) is 48.8. The van der Waals surface area contributed by atoms with Crippen molar-refractivity contribution in [3.63, 3.8) is 0 Å². The quantitative estimate of drug-likeness (QED) is 0.0839. The van der Waals surface area contributed by atoms with E-state index in [-0.39, 0.29) is 46.3 Å². The fourth-order valence-corrected chi connectivity index (χ4v) is 9.01. The molecular formula is C86H89NO15. The van der Waals surface area contributed by atoms with Gasteiger partial charge < -0.3 is 38.5 Å². The molecule has 0 aliphatic carbocycles. The van der Waals surface area contributed by atoms with E-state index in [9.17, 15) is 38.4 Å². The first-order valence-electron chi connectivity index (χ1n) is 32.1. The molecule has 16 heteroatoms.